The second kappa shape index (κ2) is 15.4. The smallest absolute Gasteiger partial charge is 0.449 e. The van der Waals surface area contributed by atoms with Crippen LogP contribution in [-0.4, -0.2) is 60.9 Å². The van der Waals surface area contributed by atoms with E-state index in [0.717, 1.165) is 50.5 Å². The van der Waals surface area contributed by atoms with Crippen LogP contribution in [0.15, 0.2) is 28.7 Å². The maximum atomic E-state index is 14.2. The number of likely N-dealkylation sites (tertiary alicyclic amines) is 1. The second-order valence-corrected chi connectivity index (χ2v) is 13.8. The number of benzene rings is 1. The van der Waals surface area contributed by atoms with Gasteiger partial charge in [-0.2, -0.15) is 0 Å². The molecular formula is C36H48FNO8. The van der Waals surface area contributed by atoms with E-state index < -0.39 is 25.0 Å². The number of ether oxygens (including phenoxy) is 3. The van der Waals surface area contributed by atoms with Gasteiger partial charge in [-0.15, -0.1) is 0 Å². The molecule has 0 N–H and O–H groups in total. The molecule has 46 heavy (non-hydrogen) atoms. The molecule has 2 aliphatic carbocycles. The summed E-state index contributed by atoms with van der Waals surface area (Å²) < 4.78 is 33.5. The molecule has 1 aromatic heterocycles. The van der Waals surface area contributed by atoms with Crippen molar-refractivity contribution >= 4 is 34.8 Å². The van der Waals surface area contributed by atoms with Crippen LogP contribution >= 0.6 is 0 Å². The fourth-order valence-corrected chi connectivity index (χ4v) is 7.87. The van der Waals surface area contributed by atoms with E-state index in [9.17, 15) is 23.6 Å². The highest BCUT2D eigenvalue weighted by Gasteiger charge is 2.46. The molecule has 3 aliphatic rings. The summed E-state index contributed by atoms with van der Waals surface area (Å²) in [6, 6.07) is 6.46. The van der Waals surface area contributed by atoms with Crippen molar-refractivity contribution in [2.24, 2.45) is 29.6 Å². The van der Waals surface area contributed by atoms with Gasteiger partial charge in [0.05, 0.1) is 18.8 Å². The zero-order chi connectivity index (χ0) is 32.8. The monoisotopic (exact) mass is 641 g/mol. The fourth-order valence-electron chi connectivity index (χ4n) is 7.87. The lowest BCUT2D eigenvalue weighted by Crippen LogP contribution is -2.48. The molecule has 252 valence electrons. The number of fused-ring (bicyclic) bond motifs is 1. The lowest BCUT2D eigenvalue weighted by Gasteiger charge is -2.37. The quantitative estimate of drug-likeness (QED) is 0.184. The molecule has 10 heteroatoms. The highest BCUT2D eigenvalue weighted by atomic mass is 19.1. The molecule has 0 radical (unpaired) electrons. The molecule has 3 atom stereocenters. The zero-order valence-corrected chi connectivity index (χ0v) is 27.3. The molecule has 1 amide bonds. The molecule has 2 aromatic rings. The number of esters is 1. The largest absolute Gasteiger partial charge is 0.511 e. The number of alkyl halides is 1. The van der Waals surface area contributed by atoms with E-state index >= 15 is 0 Å². The number of hydrogen-bond acceptors (Lipinski definition) is 8. The first-order chi connectivity index (χ1) is 22.1. The molecule has 1 saturated heterocycles. The SMILES string of the molecule is CC(C)OC(=O)OCOC(=O)c1cc2cc(CC(=O)[C@@H]3[C@H](C4CCCCC4)CCN3C(=O)C3CCC(C(C)CF)CC3)ccc2o1. The summed E-state index contributed by atoms with van der Waals surface area (Å²) in [7, 11) is 0. The Labute approximate surface area is 270 Å². The normalized spacial score (nSPS) is 24.6. The van der Waals surface area contributed by atoms with Crippen LogP contribution in [0.1, 0.15) is 101 Å². The van der Waals surface area contributed by atoms with Crippen LogP contribution in [0.5, 0.6) is 0 Å². The molecule has 3 fully saturated rings. The van der Waals surface area contributed by atoms with Gasteiger partial charge in [0.25, 0.3) is 0 Å². The number of furan rings is 1. The fraction of sp³-hybridized carbons (Fsp3) is 0.667. The molecule has 2 heterocycles. The number of ketones is 1. The van der Waals surface area contributed by atoms with Crippen molar-refractivity contribution in [3.63, 3.8) is 0 Å². The minimum atomic E-state index is -0.939. The number of hydrogen-bond donors (Lipinski definition) is 0. The first kappa shape index (κ1) is 33.9. The van der Waals surface area contributed by atoms with Gasteiger partial charge in [0.1, 0.15) is 5.58 Å². The highest BCUT2D eigenvalue weighted by Crippen LogP contribution is 2.42. The van der Waals surface area contributed by atoms with Crippen molar-refractivity contribution in [3.8, 4) is 0 Å². The maximum absolute atomic E-state index is 14.2. The summed E-state index contributed by atoms with van der Waals surface area (Å²) in [4.78, 5) is 54.0. The summed E-state index contributed by atoms with van der Waals surface area (Å²) in [5.74, 6) is 0.150. The molecule has 1 unspecified atom stereocenters. The van der Waals surface area contributed by atoms with Crippen molar-refractivity contribution < 1.29 is 42.2 Å². The number of Topliss-reactive ketones (excluding diaryl/α,β-unsaturated/α-hetero) is 1. The van der Waals surface area contributed by atoms with Crippen molar-refractivity contribution in [2.45, 2.75) is 104 Å². The number of halogens is 1. The van der Waals surface area contributed by atoms with Gasteiger partial charge >= 0.3 is 12.1 Å². The lowest BCUT2D eigenvalue weighted by atomic mass is 9.74. The van der Waals surface area contributed by atoms with Crippen molar-refractivity contribution in [1.82, 2.24) is 4.90 Å². The average molecular weight is 642 g/mol. The van der Waals surface area contributed by atoms with Gasteiger partial charge in [0.15, 0.2) is 5.78 Å². The predicted molar refractivity (Wildman–Crippen MR) is 169 cm³/mol. The third-order valence-electron chi connectivity index (χ3n) is 10.3. The van der Waals surface area contributed by atoms with E-state index in [1.165, 1.54) is 25.3 Å². The van der Waals surface area contributed by atoms with Gasteiger partial charge in [-0.3, -0.25) is 14.0 Å². The Morgan fingerprint density at radius 2 is 1.67 bits per heavy atom. The summed E-state index contributed by atoms with van der Waals surface area (Å²) in [6.45, 7) is 4.98. The number of nitrogens with zero attached hydrogens (tertiary/aromatic N) is 1. The van der Waals surface area contributed by atoms with Crippen LogP contribution in [0.3, 0.4) is 0 Å². The van der Waals surface area contributed by atoms with Gasteiger partial charge in [-0.25, -0.2) is 9.59 Å². The van der Waals surface area contributed by atoms with E-state index in [0.29, 0.717) is 29.3 Å². The molecule has 1 aliphatic heterocycles. The predicted octanol–water partition coefficient (Wildman–Crippen LogP) is 7.43. The standard InChI is InChI=1S/C36H48FNO8/c1-22(2)45-36(42)44-21-43-35(41)32-19-28-17-24(9-14-31(28)46-32)18-30(39)33-29(26-7-5-4-6-8-26)15-16-38(33)34(40)27-12-10-25(11-13-27)23(3)20-37/h9,14,17,19,22-23,25-27,29,33H,4-8,10-13,15-16,18,20-21H2,1-3H3/t23?,25?,27?,29-,33-/m0/s1. The number of rotatable bonds is 11. The van der Waals surface area contributed by atoms with Gasteiger partial charge in [0, 0.05) is 24.3 Å². The molecule has 0 spiro atoms. The second-order valence-electron chi connectivity index (χ2n) is 13.8. The Bertz CT molecular complexity index is 1370. The first-order valence-corrected chi connectivity index (χ1v) is 17.1. The van der Waals surface area contributed by atoms with E-state index in [4.69, 9.17) is 18.6 Å². The number of amides is 1. The van der Waals surface area contributed by atoms with E-state index in [1.54, 1.807) is 19.9 Å². The van der Waals surface area contributed by atoms with Crippen LogP contribution in [0, 0.1) is 29.6 Å². The topological polar surface area (TPSA) is 112 Å². The van der Waals surface area contributed by atoms with Crippen LogP contribution < -0.4 is 0 Å². The molecule has 5 rings (SSSR count). The number of carbonyl (C=O) groups excluding carboxylic acids is 4. The summed E-state index contributed by atoms with van der Waals surface area (Å²) in [6.07, 6.45) is 8.73. The minimum absolute atomic E-state index is 0.0245. The third-order valence-corrected chi connectivity index (χ3v) is 10.3. The first-order valence-electron chi connectivity index (χ1n) is 17.1. The van der Waals surface area contributed by atoms with Gasteiger partial charge in [-0.05, 0) is 93.4 Å². The lowest BCUT2D eigenvalue weighted by molar-refractivity contribution is -0.143. The van der Waals surface area contributed by atoms with Crippen LogP contribution in [0.2, 0.25) is 0 Å². The molecule has 1 aromatic carbocycles. The van der Waals surface area contributed by atoms with Crippen LogP contribution in [0.4, 0.5) is 9.18 Å². The van der Waals surface area contributed by atoms with E-state index in [-0.39, 0.29) is 54.4 Å². The minimum Gasteiger partial charge on any atom is -0.449 e. The average Bonchev–Trinajstić information content (AvgIpc) is 3.69. The molecule has 9 nitrogen and oxygen atoms in total. The maximum Gasteiger partial charge on any atom is 0.511 e. The molecule has 2 saturated carbocycles. The van der Waals surface area contributed by atoms with E-state index in [1.807, 2.05) is 24.0 Å². The Hall–Kier alpha value is -3.43. The Morgan fingerprint density at radius 1 is 0.935 bits per heavy atom. The summed E-state index contributed by atoms with van der Waals surface area (Å²) >= 11 is 0. The van der Waals surface area contributed by atoms with E-state index in [2.05, 4.69) is 0 Å². The van der Waals surface area contributed by atoms with Crippen molar-refractivity contribution in [3.05, 3.63) is 35.6 Å². The van der Waals surface area contributed by atoms with Crippen molar-refractivity contribution in [1.29, 1.82) is 0 Å². The highest BCUT2D eigenvalue weighted by molar-refractivity contribution is 5.94. The summed E-state index contributed by atoms with van der Waals surface area (Å²) in [5.41, 5.74) is 1.24. The van der Waals surface area contributed by atoms with Crippen LogP contribution in [-0.2, 0) is 30.2 Å². The Morgan fingerprint density at radius 3 is 2.37 bits per heavy atom. The van der Waals surface area contributed by atoms with Crippen molar-refractivity contribution in [2.75, 3.05) is 20.0 Å². The van der Waals surface area contributed by atoms with Gasteiger partial charge < -0.3 is 23.5 Å². The molecule has 0 bridgehead atoms. The number of carbonyl (C=O) groups is 4. The van der Waals surface area contributed by atoms with Gasteiger partial charge in [-0.1, -0.05) is 45.1 Å². The third kappa shape index (κ3) is 8.10. The molecular weight excluding hydrogens is 593 g/mol. The Kier molecular flexibility index (Phi) is 11.4. The Balaban J connectivity index is 1.26. The zero-order valence-electron chi connectivity index (χ0n) is 27.3. The summed E-state index contributed by atoms with van der Waals surface area (Å²) in [5, 5.41) is 0.639. The van der Waals surface area contributed by atoms with Crippen LogP contribution in [0.25, 0.3) is 11.0 Å². The van der Waals surface area contributed by atoms with Gasteiger partial charge in [0.2, 0.25) is 18.5 Å².